The molecule has 0 atom stereocenters. The smallest absolute Gasteiger partial charge is 0.107 e. The van der Waals surface area contributed by atoms with Crippen LogP contribution in [-0.2, 0) is 0 Å². The molecule has 3 heteroatoms. The van der Waals surface area contributed by atoms with Crippen LogP contribution >= 0.6 is 38.5 Å². The Morgan fingerprint density at radius 3 is 2.67 bits per heavy atom. The van der Waals surface area contributed by atoms with Crippen molar-refractivity contribution in [2.45, 2.75) is 6.92 Å². The Hall–Kier alpha value is 0.360. The van der Waals surface area contributed by atoms with E-state index in [1.54, 1.807) is 0 Å². The summed E-state index contributed by atoms with van der Waals surface area (Å²) in [4.78, 5) is 4.15. The van der Waals surface area contributed by atoms with Crippen LogP contribution < -0.4 is 0 Å². The monoisotopic (exact) mass is 297 g/mol. The molecule has 1 aromatic rings. The van der Waals surface area contributed by atoms with Crippen LogP contribution in [0, 0.1) is 10.5 Å². The predicted octanol–water partition coefficient (Wildman–Crippen LogP) is 2.76. The van der Waals surface area contributed by atoms with Gasteiger partial charge in [-0.05, 0) is 57.6 Å². The number of pyridine rings is 1. The molecule has 1 rings (SSSR count). The molecule has 0 aliphatic carbocycles. The summed E-state index contributed by atoms with van der Waals surface area (Å²) in [7, 11) is 0. The molecule has 9 heavy (non-hydrogen) atoms. The fraction of sp³-hybridized carbons (Fsp3) is 0.167. The van der Waals surface area contributed by atoms with E-state index in [1.807, 2.05) is 19.1 Å². The lowest BCUT2D eigenvalue weighted by molar-refractivity contribution is 1.16. The maximum Gasteiger partial charge on any atom is 0.107 e. The van der Waals surface area contributed by atoms with E-state index in [4.69, 9.17) is 0 Å². The summed E-state index contributed by atoms with van der Waals surface area (Å²) in [5.74, 6) is 0. The van der Waals surface area contributed by atoms with Crippen molar-refractivity contribution in [3.63, 3.8) is 0 Å². The van der Waals surface area contributed by atoms with Gasteiger partial charge in [0.25, 0.3) is 0 Å². The normalized spacial score (nSPS) is 9.67. The lowest BCUT2D eigenvalue weighted by atomic mass is 10.4. The highest BCUT2D eigenvalue weighted by atomic mass is 127. The van der Waals surface area contributed by atoms with Crippen LogP contribution in [-0.4, -0.2) is 4.98 Å². The molecule has 0 radical (unpaired) electrons. The quantitative estimate of drug-likeness (QED) is 0.530. The van der Waals surface area contributed by atoms with Gasteiger partial charge < -0.3 is 0 Å². The number of hydrogen-bond donors (Lipinski definition) is 0. The van der Waals surface area contributed by atoms with E-state index in [1.165, 1.54) is 3.57 Å². The average Bonchev–Trinajstić information content (AvgIpc) is 1.59. The molecule has 0 bridgehead atoms. The zero-order valence-electron chi connectivity index (χ0n) is 4.86. The summed E-state index contributed by atoms with van der Waals surface area (Å²) in [5, 5.41) is 0. The highest BCUT2D eigenvalue weighted by molar-refractivity contribution is 14.1. The minimum Gasteiger partial charge on any atom is -0.246 e. The minimum absolute atomic E-state index is 0.909. The molecule has 0 saturated carbocycles. The molecular formula is C6H5BrIN. The molecule has 48 valence electrons. The van der Waals surface area contributed by atoms with Crippen LogP contribution in [0.1, 0.15) is 5.69 Å². The van der Waals surface area contributed by atoms with Gasteiger partial charge in [-0.2, -0.15) is 0 Å². The van der Waals surface area contributed by atoms with Crippen molar-refractivity contribution < 1.29 is 0 Å². The standard InChI is InChI=1S/C6H5BrIN/c1-4-2-5(8)3-6(7)9-4/h2-3H,1H3. The molecule has 0 unspecified atom stereocenters. The van der Waals surface area contributed by atoms with Gasteiger partial charge in [-0.3, -0.25) is 0 Å². The Morgan fingerprint density at radius 1 is 1.56 bits per heavy atom. The van der Waals surface area contributed by atoms with Gasteiger partial charge in [0.05, 0.1) is 0 Å². The fourth-order valence-corrected chi connectivity index (χ4v) is 2.29. The summed E-state index contributed by atoms with van der Waals surface area (Å²) in [6.45, 7) is 1.98. The Kier molecular flexibility index (Phi) is 2.46. The van der Waals surface area contributed by atoms with E-state index < -0.39 is 0 Å². The fourth-order valence-electron chi connectivity index (χ4n) is 0.588. The van der Waals surface area contributed by atoms with E-state index in [-0.39, 0.29) is 0 Å². The Labute approximate surface area is 76.1 Å². The van der Waals surface area contributed by atoms with E-state index in [9.17, 15) is 0 Å². The summed E-state index contributed by atoms with van der Waals surface area (Å²) in [6.07, 6.45) is 0. The summed E-state index contributed by atoms with van der Waals surface area (Å²) < 4.78 is 2.12. The van der Waals surface area contributed by atoms with E-state index in [2.05, 4.69) is 43.5 Å². The zero-order chi connectivity index (χ0) is 6.85. The first-order valence-corrected chi connectivity index (χ1v) is 4.35. The van der Waals surface area contributed by atoms with Crippen molar-refractivity contribution in [1.82, 2.24) is 4.98 Å². The molecule has 0 aromatic carbocycles. The lowest BCUT2D eigenvalue weighted by Crippen LogP contribution is -1.82. The van der Waals surface area contributed by atoms with Crippen molar-refractivity contribution in [2.75, 3.05) is 0 Å². The number of aromatic nitrogens is 1. The maximum atomic E-state index is 4.15. The summed E-state index contributed by atoms with van der Waals surface area (Å²) in [5.41, 5.74) is 1.05. The molecule has 1 heterocycles. The van der Waals surface area contributed by atoms with Gasteiger partial charge in [0.2, 0.25) is 0 Å². The van der Waals surface area contributed by atoms with Crippen LogP contribution in [0.15, 0.2) is 16.7 Å². The van der Waals surface area contributed by atoms with Crippen LogP contribution in [0.25, 0.3) is 0 Å². The van der Waals surface area contributed by atoms with Crippen molar-refractivity contribution in [2.24, 2.45) is 0 Å². The van der Waals surface area contributed by atoms with Gasteiger partial charge in [0, 0.05) is 9.26 Å². The molecule has 0 spiro atoms. The molecule has 1 aromatic heterocycles. The van der Waals surface area contributed by atoms with Crippen LogP contribution in [0.4, 0.5) is 0 Å². The first kappa shape index (κ1) is 7.47. The number of halogens is 2. The highest BCUT2D eigenvalue weighted by Crippen LogP contribution is 2.12. The number of aryl methyl sites for hydroxylation is 1. The zero-order valence-corrected chi connectivity index (χ0v) is 8.60. The van der Waals surface area contributed by atoms with E-state index >= 15 is 0 Å². The second kappa shape index (κ2) is 2.96. The van der Waals surface area contributed by atoms with Gasteiger partial charge in [-0.15, -0.1) is 0 Å². The van der Waals surface area contributed by atoms with Crippen LogP contribution in [0.3, 0.4) is 0 Å². The Morgan fingerprint density at radius 2 is 2.22 bits per heavy atom. The molecule has 0 aliphatic heterocycles. The molecule has 0 amide bonds. The highest BCUT2D eigenvalue weighted by Gasteiger charge is 1.91. The largest absolute Gasteiger partial charge is 0.246 e. The molecule has 0 fully saturated rings. The lowest BCUT2D eigenvalue weighted by Gasteiger charge is -1.93. The number of hydrogen-bond acceptors (Lipinski definition) is 1. The van der Waals surface area contributed by atoms with Gasteiger partial charge in [-0.25, -0.2) is 4.98 Å². The number of nitrogens with zero attached hydrogens (tertiary/aromatic N) is 1. The van der Waals surface area contributed by atoms with Crippen LogP contribution in [0.2, 0.25) is 0 Å². The third kappa shape index (κ3) is 2.21. The van der Waals surface area contributed by atoms with Crippen molar-refractivity contribution in [1.29, 1.82) is 0 Å². The molecule has 0 saturated heterocycles. The van der Waals surface area contributed by atoms with E-state index in [0.29, 0.717) is 0 Å². The van der Waals surface area contributed by atoms with Gasteiger partial charge in [0.1, 0.15) is 4.60 Å². The third-order valence-electron chi connectivity index (χ3n) is 0.887. The predicted molar refractivity (Wildman–Crippen MR) is 49.4 cm³/mol. The first-order chi connectivity index (χ1) is 4.18. The molecule has 0 aliphatic rings. The Balaban J connectivity index is 3.17. The first-order valence-electron chi connectivity index (χ1n) is 2.48. The maximum absolute atomic E-state index is 4.15. The molecule has 0 N–H and O–H groups in total. The van der Waals surface area contributed by atoms with Gasteiger partial charge in [0.15, 0.2) is 0 Å². The summed E-state index contributed by atoms with van der Waals surface area (Å²) in [6, 6.07) is 4.01. The average molecular weight is 298 g/mol. The van der Waals surface area contributed by atoms with Crippen LogP contribution in [0.5, 0.6) is 0 Å². The van der Waals surface area contributed by atoms with E-state index in [0.717, 1.165) is 10.3 Å². The summed E-state index contributed by atoms with van der Waals surface area (Å²) >= 11 is 5.56. The third-order valence-corrected chi connectivity index (χ3v) is 1.92. The van der Waals surface area contributed by atoms with Gasteiger partial charge >= 0.3 is 0 Å². The van der Waals surface area contributed by atoms with Crippen molar-refractivity contribution >= 4 is 38.5 Å². The molecule has 1 nitrogen and oxygen atoms in total. The van der Waals surface area contributed by atoms with Crippen molar-refractivity contribution in [3.05, 3.63) is 26.0 Å². The second-order valence-corrected chi connectivity index (χ2v) is 3.81. The molecular weight excluding hydrogens is 293 g/mol. The topological polar surface area (TPSA) is 12.9 Å². The number of rotatable bonds is 0. The van der Waals surface area contributed by atoms with Gasteiger partial charge in [-0.1, -0.05) is 0 Å². The van der Waals surface area contributed by atoms with Crippen molar-refractivity contribution in [3.8, 4) is 0 Å². The SMILES string of the molecule is Cc1cc(I)cc(Br)n1. The Bertz CT molecular complexity index is 174. The minimum atomic E-state index is 0.909. The second-order valence-electron chi connectivity index (χ2n) is 1.75.